The van der Waals surface area contributed by atoms with Crippen molar-refractivity contribution in [3.8, 4) is 6.07 Å². The van der Waals surface area contributed by atoms with Crippen LogP contribution in [0.5, 0.6) is 0 Å². The number of nitrogen functional groups attached to an aromatic ring is 1. The molecular formula is C14H19N3. The van der Waals surface area contributed by atoms with Crippen molar-refractivity contribution in [3.05, 3.63) is 23.8 Å². The topological polar surface area (TPSA) is 53.0 Å². The molecule has 0 spiro atoms. The number of hydrogen-bond donors (Lipinski definition) is 1. The standard InChI is InChI=1S/C14H19N3/c1-10(2)9-17(12-4-5-12)14-7-11(8-15)3-6-13(14)16/h3,6-7,10,12H,4-5,9,16H2,1-2H3. The molecule has 0 unspecified atom stereocenters. The third kappa shape index (κ3) is 2.71. The number of nitriles is 1. The molecule has 17 heavy (non-hydrogen) atoms. The van der Waals surface area contributed by atoms with Crippen LogP contribution in [0, 0.1) is 17.2 Å². The molecule has 2 N–H and O–H groups in total. The first-order valence-corrected chi connectivity index (χ1v) is 6.18. The van der Waals surface area contributed by atoms with E-state index in [9.17, 15) is 0 Å². The Balaban J connectivity index is 2.31. The van der Waals surface area contributed by atoms with Gasteiger partial charge in [0, 0.05) is 12.6 Å². The molecule has 1 saturated carbocycles. The maximum atomic E-state index is 8.96. The fourth-order valence-corrected chi connectivity index (χ4v) is 2.09. The lowest BCUT2D eigenvalue weighted by molar-refractivity contribution is 0.608. The number of hydrogen-bond acceptors (Lipinski definition) is 3. The number of nitrogens with two attached hydrogens (primary N) is 1. The molecule has 0 amide bonds. The van der Waals surface area contributed by atoms with Crippen LogP contribution in [0.15, 0.2) is 18.2 Å². The van der Waals surface area contributed by atoms with E-state index in [-0.39, 0.29) is 0 Å². The Morgan fingerprint density at radius 3 is 2.71 bits per heavy atom. The van der Waals surface area contributed by atoms with Crippen LogP contribution < -0.4 is 10.6 Å². The highest BCUT2D eigenvalue weighted by molar-refractivity contribution is 5.70. The van der Waals surface area contributed by atoms with Crippen LogP contribution in [0.4, 0.5) is 11.4 Å². The number of benzene rings is 1. The van der Waals surface area contributed by atoms with Crippen molar-refractivity contribution in [3.63, 3.8) is 0 Å². The molecular weight excluding hydrogens is 210 g/mol. The summed E-state index contributed by atoms with van der Waals surface area (Å²) in [6, 6.07) is 8.33. The molecule has 1 fully saturated rings. The molecule has 0 saturated heterocycles. The molecule has 0 radical (unpaired) electrons. The zero-order valence-electron chi connectivity index (χ0n) is 10.5. The van der Waals surface area contributed by atoms with Crippen molar-refractivity contribution in [2.45, 2.75) is 32.7 Å². The van der Waals surface area contributed by atoms with Crippen molar-refractivity contribution >= 4 is 11.4 Å². The van der Waals surface area contributed by atoms with Gasteiger partial charge in [0.15, 0.2) is 0 Å². The summed E-state index contributed by atoms with van der Waals surface area (Å²) in [5.74, 6) is 0.598. The maximum absolute atomic E-state index is 8.96. The van der Waals surface area contributed by atoms with E-state index in [0.29, 0.717) is 17.5 Å². The van der Waals surface area contributed by atoms with Crippen LogP contribution in [-0.4, -0.2) is 12.6 Å². The van der Waals surface area contributed by atoms with Crippen LogP contribution in [0.3, 0.4) is 0 Å². The van der Waals surface area contributed by atoms with Crippen LogP contribution >= 0.6 is 0 Å². The van der Waals surface area contributed by atoms with E-state index in [1.54, 1.807) is 6.07 Å². The third-order valence-corrected chi connectivity index (χ3v) is 3.02. The smallest absolute Gasteiger partial charge is 0.0992 e. The first-order chi connectivity index (χ1) is 8.11. The summed E-state index contributed by atoms with van der Waals surface area (Å²) in [6.07, 6.45) is 2.48. The highest BCUT2D eigenvalue weighted by Gasteiger charge is 2.30. The van der Waals surface area contributed by atoms with Crippen LogP contribution in [0.2, 0.25) is 0 Å². The number of anilines is 2. The second-order valence-corrected chi connectivity index (χ2v) is 5.16. The summed E-state index contributed by atoms with van der Waals surface area (Å²) in [4.78, 5) is 2.36. The number of rotatable bonds is 4. The fraction of sp³-hybridized carbons (Fsp3) is 0.500. The normalized spacial score (nSPS) is 14.7. The van der Waals surface area contributed by atoms with Crippen LogP contribution in [-0.2, 0) is 0 Å². The monoisotopic (exact) mass is 229 g/mol. The van der Waals surface area contributed by atoms with Gasteiger partial charge in [-0.2, -0.15) is 5.26 Å². The van der Waals surface area contributed by atoms with Crippen molar-refractivity contribution in [2.24, 2.45) is 5.92 Å². The average molecular weight is 229 g/mol. The Hall–Kier alpha value is -1.69. The molecule has 1 aromatic carbocycles. The molecule has 90 valence electrons. The lowest BCUT2D eigenvalue weighted by Gasteiger charge is -2.28. The summed E-state index contributed by atoms with van der Waals surface area (Å²) in [5.41, 5.74) is 8.52. The van der Waals surface area contributed by atoms with Crippen LogP contribution in [0.25, 0.3) is 0 Å². The van der Waals surface area contributed by atoms with Crippen LogP contribution in [0.1, 0.15) is 32.3 Å². The van der Waals surface area contributed by atoms with E-state index in [0.717, 1.165) is 17.9 Å². The lowest BCUT2D eigenvalue weighted by atomic mass is 10.1. The summed E-state index contributed by atoms with van der Waals surface area (Å²) in [6.45, 7) is 5.42. The quantitative estimate of drug-likeness (QED) is 0.808. The number of nitrogens with zero attached hydrogens (tertiary/aromatic N) is 2. The molecule has 2 rings (SSSR count). The fourth-order valence-electron chi connectivity index (χ4n) is 2.09. The van der Waals surface area contributed by atoms with Gasteiger partial charge >= 0.3 is 0 Å². The lowest BCUT2D eigenvalue weighted by Crippen LogP contribution is -2.30. The van der Waals surface area contributed by atoms with Gasteiger partial charge in [-0.3, -0.25) is 0 Å². The van der Waals surface area contributed by atoms with E-state index in [1.165, 1.54) is 12.8 Å². The van der Waals surface area contributed by atoms with Crippen molar-refractivity contribution < 1.29 is 0 Å². The zero-order chi connectivity index (χ0) is 12.4. The Morgan fingerprint density at radius 2 is 2.18 bits per heavy atom. The molecule has 1 aromatic rings. The largest absolute Gasteiger partial charge is 0.397 e. The first kappa shape index (κ1) is 11.8. The van der Waals surface area contributed by atoms with Gasteiger partial charge < -0.3 is 10.6 Å². The van der Waals surface area contributed by atoms with Gasteiger partial charge in [0.2, 0.25) is 0 Å². The molecule has 3 nitrogen and oxygen atoms in total. The summed E-state index contributed by atoms with van der Waals surface area (Å²) < 4.78 is 0. The average Bonchev–Trinajstić information content (AvgIpc) is 3.10. The summed E-state index contributed by atoms with van der Waals surface area (Å²) in [7, 11) is 0. The van der Waals surface area contributed by atoms with Gasteiger partial charge in [0.1, 0.15) is 0 Å². The first-order valence-electron chi connectivity index (χ1n) is 6.18. The molecule has 0 aliphatic heterocycles. The predicted octanol–water partition coefficient (Wildman–Crippen LogP) is 2.77. The second-order valence-electron chi connectivity index (χ2n) is 5.16. The van der Waals surface area contributed by atoms with E-state index in [4.69, 9.17) is 11.0 Å². The van der Waals surface area contributed by atoms with Crippen molar-refractivity contribution in [1.29, 1.82) is 5.26 Å². The minimum atomic E-state index is 0.598. The molecule has 0 bridgehead atoms. The van der Waals surface area contributed by atoms with Crippen molar-refractivity contribution in [1.82, 2.24) is 0 Å². The highest BCUT2D eigenvalue weighted by atomic mass is 15.2. The summed E-state index contributed by atoms with van der Waals surface area (Å²) in [5, 5.41) is 8.96. The molecule has 0 aromatic heterocycles. The SMILES string of the molecule is CC(C)CN(c1cc(C#N)ccc1N)C1CC1. The molecule has 3 heteroatoms. The maximum Gasteiger partial charge on any atom is 0.0992 e. The van der Waals surface area contributed by atoms with E-state index >= 15 is 0 Å². The third-order valence-electron chi connectivity index (χ3n) is 3.02. The van der Waals surface area contributed by atoms with Gasteiger partial charge in [-0.15, -0.1) is 0 Å². The Labute approximate surface area is 103 Å². The minimum Gasteiger partial charge on any atom is -0.397 e. The van der Waals surface area contributed by atoms with Gasteiger partial charge in [-0.1, -0.05) is 13.8 Å². The molecule has 1 aliphatic rings. The molecule has 0 heterocycles. The Morgan fingerprint density at radius 1 is 1.47 bits per heavy atom. The molecule has 0 atom stereocenters. The summed E-state index contributed by atoms with van der Waals surface area (Å²) >= 11 is 0. The molecule has 1 aliphatic carbocycles. The van der Waals surface area contributed by atoms with Gasteiger partial charge in [-0.25, -0.2) is 0 Å². The highest BCUT2D eigenvalue weighted by Crippen LogP contribution is 2.35. The Bertz CT molecular complexity index is 441. The predicted molar refractivity (Wildman–Crippen MR) is 70.8 cm³/mol. The van der Waals surface area contributed by atoms with Gasteiger partial charge in [0.05, 0.1) is 23.0 Å². The second kappa shape index (κ2) is 4.67. The van der Waals surface area contributed by atoms with Gasteiger partial charge in [0.25, 0.3) is 0 Å². The van der Waals surface area contributed by atoms with E-state index < -0.39 is 0 Å². The zero-order valence-corrected chi connectivity index (χ0v) is 10.5. The van der Waals surface area contributed by atoms with E-state index in [2.05, 4.69) is 24.8 Å². The minimum absolute atomic E-state index is 0.598. The Kier molecular flexibility index (Phi) is 3.23. The van der Waals surface area contributed by atoms with Gasteiger partial charge in [-0.05, 0) is 37.0 Å². The van der Waals surface area contributed by atoms with E-state index in [1.807, 2.05) is 12.1 Å². The van der Waals surface area contributed by atoms with Crippen molar-refractivity contribution in [2.75, 3.05) is 17.2 Å².